The molecule has 2 unspecified atom stereocenters. The average Bonchev–Trinajstić information content (AvgIpc) is 2.81. The van der Waals surface area contributed by atoms with Crippen molar-refractivity contribution in [3.63, 3.8) is 0 Å². The van der Waals surface area contributed by atoms with Gasteiger partial charge in [-0.1, -0.05) is 12.1 Å². The maximum absolute atomic E-state index is 5.76. The molecule has 3 N–H and O–H groups in total. The predicted molar refractivity (Wildman–Crippen MR) is 67.4 cm³/mol. The smallest absolute Gasteiger partial charge is 0.0914 e. The second kappa shape index (κ2) is 6.34. The molecular formula is C10H19N5OS. The Hall–Kier alpha value is -0.630. The van der Waals surface area contributed by atoms with E-state index in [1.165, 1.54) is 0 Å². The second-order valence-corrected chi connectivity index (χ2v) is 5.16. The Morgan fingerprint density at radius 1 is 1.76 bits per heavy atom. The van der Waals surface area contributed by atoms with Crippen molar-refractivity contribution in [2.24, 2.45) is 5.84 Å². The normalized spacial score (nSPS) is 22.6. The lowest BCUT2D eigenvalue weighted by Gasteiger charge is -2.29. The van der Waals surface area contributed by atoms with Gasteiger partial charge in [0, 0.05) is 18.1 Å². The molecule has 1 aliphatic rings. The van der Waals surface area contributed by atoms with Crippen LogP contribution in [0.15, 0.2) is 6.20 Å². The van der Waals surface area contributed by atoms with Crippen molar-refractivity contribution >= 4 is 11.8 Å². The lowest BCUT2D eigenvalue weighted by Crippen LogP contribution is -2.42. The molecule has 0 saturated carbocycles. The van der Waals surface area contributed by atoms with Crippen LogP contribution in [0.1, 0.15) is 25.1 Å². The van der Waals surface area contributed by atoms with Gasteiger partial charge < -0.3 is 4.74 Å². The summed E-state index contributed by atoms with van der Waals surface area (Å²) in [5.41, 5.74) is 3.84. The van der Waals surface area contributed by atoms with E-state index in [2.05, 4.69) is 22.7 Å². The Kier molecular flexibility index (Phi) is 4.78. The molecule has 7 heteroatoms. The topological polar surface area (TPSA) is 78.0 Å². The zero-order valence-corrected chi connectivity index (χ0v) is 10.8. The summed E-state index contributed by atoms with van der Waals surface area (Å²) >= 11 is 1.89. The molecule has 1 aromatic rings. The molecule has 17 heavy (non-hydrogen) atoms. The standard InChI is InChI=1S/C10H19N5OS/c1-2-3-15-8(6-12-14-15)10(13-11)9-7-17-5-4-16-9/h6,9-10,13H,2-5,7,11H2,1H3. The van der Waals surface area contributed by atoms with Crippen LogP contribution in [0, 0.1) is 0 Å². The van der Waals surface area contributed by atoms with Gasteiger partial charge in [-0.2, -0.15) is 11.8 Å². The number of hydrogen-bond donors (Lipinski definition) is 2. The van der Waals surface area contributed by atoms with Crippen LogP contribution in [0.3, 0.4) is 0 Å². The van der Waals surface area contributed by atoms with Crippen LogP contribution in [0.4, 0.5) is 0 Å². The number of thioether (sulfide) groups is 1. The van der Waals surface area contributed by atoms with Crippen LogP contribution in [0.25, 0.3) is 0 Å². The molecule has 2 rings (SSSR count). The van der Waals surface area contributed by atoms with E-state index in [9.17, 15) is 0 Å². The van der Waals surface area contributed by atoms with E-state index in [1.807, 2.05) is 16.4 Å². The Bertz CT molecular complexity index is 339. The van der Waals surface area contributed by atoms with Crippen molar-refractivity contribution in [2.75, 3.05) is 18.1 Å². The summed E-state index contributed by atoms with van der Waals surface area (Å²) in [5.74, 6) is 7.66. The summed E-state index contributed by atoms with van der Waals surface area (Å²) in [6.45, 7) is 3.75. The summed E-state index contributed by atoms with van der Waals surface area (Å²) in [6, 6.07) is -0.0376. The van der Waals surface area contributed by atoms with E-state index in [0.717, 1.165) is 36.8 Å². The van der Waals surface area contributed by atoms with Crippen molar-refractivity contribution < 1.29 is 4.74 Å². The van der Waals surface area contributed by atoms with Crippen molar-refractivity contribution in [1.82, 2.24) is 20.4 Å². The van der Waals surface area contributed by atoms with E-state index >= 15 is 0 Å². The number of rotatable bonds is 5. The Balaban J connectivity index is 2.12. The maximum Gasteiger partial charge on any atom is 0.0914 e. The molecule has 0 aromatic carbocycles. The summed E-state index contributed by atoms with van der Waals surface area (Å²) in [6.07, 6.45) is 2.88. The second-order valence-electron chi connectivity index (χ2n) is 4.01. The van der Waals surface area contributed by atoms with Crippen LogP contribution in [-0.2, 0) is 11.3 Å². The van der Waals surface area contributed by atoms with Gasteiger partial charge >= 0.3 is 0 Å². The van der Waals surface area contributed by atoms with Gasteiger partial charge in [-0.05, 0) is 6.42 Å². The number of nitrogens with zero attached hydrogens (tertiary/aromatic N) is 3. The molecule has 1 aromatic heterocycles. The summed E-state index contributed by atoms with van der Waals surface area (Å²) in [5, 5.41) is 8.04. The first-order valence-electron chi connectivity index (χ1n) is 5.90. The molecule has 2 heterocycles. The molecule has 0 aliphatic carbocycles. The zero-order chi connectivity index (χ0) is 12.1. The largest absolute Gasteiger partial charge is 0.374 e. The van der Waals surface area contributed by atoms with Crippen molar-refractivity contribution in [3.05, 3.63) is 11.9 Å². The zero-order valence-electron chi connectivity index (χ0n) is 10.0. The molecular weight excluding hydrogens is 238 g/mol. The molecule has 0 radical (unpaired) electrons. The Labute approximate surface area is 105 Å². The van der Waals surface area contributed by atoms with E-state index in [4.69, 9.17) is 10.6 Å². The van der Waals surface area contributed by atoms with Crippen LogP contribution in [0.2, 0.25) is 0 Å². The fourth-order valence-electron chi connectivity index (χ4n) is 1.97. The molecule has 0 bridgehead atoms. The molecule has 0 spiro atoms. The number of hydrazine groups is 1. The van der Waals surface area contributed by atoms with Crippen molar-refractivity contribution in [1.29, 1.82) is 0 Å². The first-order chi connectivity index (χ1) is 8.36. The third kappa shape index (κ3) is 2.98. The highest BCUT2D eigenvalue weighted by atomic mass is 32.2. The molecule has 0 amide bonds. The van der Waals surface area contributed by atoms with Crippen LogP contribution in [-0.4, -0.2) is 39.2 Å². The molecule has 2 atom stereocenters. The minimum Gasteiger partial charge on any atom is -0.374 e. The minimum atomic E-state index is -0.0376. The van der Waals surface area contributed by atoms with E-state index in [0.29, 0.717) is 0 Å². The average molecular weight is 257 g/mol. The van der Waals surface area contributed by atoms with Gasteiger partial charge in [-0.25, -0.2) is 10.1 Å². The molecule has 1 aliphatic heterocycles. The molecule has 96 valence electrons. The minimum absolute atomic E-state index is 0.0376. The number of nitrogens with two attached hydrogens (primary N) is 1. The van der Waals surface area contributed by atoms with Crippen LogP contribution < -0.4 is 11.3 Å². The van der Waals surface area contributed by atoms with E-state index < -0.39 is 0 Å². The van der Waals surface area contributed by atoms with Gasteiger partial charge in [0.05, 0.1) is 30.6 Å². The predicted octanol–water partition coefficient (Wildman–Crippen LogP) is 0.325. The van der Waals surface area contributed by atoms with Gasteiger partial charge in [0.25, 0.3) is 0 Å². The van der Waals surface area contributed by atoms with Gasteiger partial charge in [-0.3, -0.25) is 5.84 Å². The summed E-state index contributed by atoms with van der Waals surface area (Å²) < 4.78 is 7.65. The fourth-order valence-corrected chi connectivity index (χ4v) is 2.88. The van der Waals surface area contributed by atoms with E-state index in [1.54, 1.807) is 6.20 Å². The monoisotopic (exact) mass is 257 g/mol. The highest BCUT2D eigenvalue weighted by Gasteiger charge is 2.28. The van der Waals surface area contributed by atoms with Gasteiger partial charge in [0.2, 0.25) is 0 Å². The number of aromatic nitrogens is 3. The van der Waals surface area contributed by atoms with Gasteiger partial charge in [0.15, 0.2) is 0 Å². The SMILES string of the molecule is CCCn1nncc1C(NN)C1CSCCO1. The lowest BCUT2D eigenvalue weighted by atomic mass is 10.1. The van der Waals surface area contributed by atoms with Gasteiger partial charge in [0.1, 0.15) is 0 Å². The first-order valence-corrected chi connectivity index (χ1v) is 7.06. The number of aryl methyl sites for hydroxylation is 1. The number of hydrogen-bond acceptors (Lipinski definition) is 6. The quantitative estimate of drug-likeness (QED) is 0.584. The van der Waals surface area contributed by atoms with Crippen LogP contribution in [0.5, 0.6) is 0 Å². The third-order valence-corrected chi connectivity index (χ3v) is 3.81. The van der Waals surface area contributed by atoms with Crippen LogP contribution >= 0.6 is 11.8 Å². The number of nitrogens with one attached hydrogen (secondary N) is 1. The molecule has 1 fully saturated rings. The summed E-state index contributed by atoms with van der Waals surface area (Å²) in [7, 11) is 0. The highest BCUT2D eigenvalue weighted by molar-refractivity contribution is 7.99. The van der Waals surface area contributed by atoms with E-state index in [-0.39, 0.29) is 12.1 Å². The van der Waals surface area contributed by atoms with Gasteiger partial charge in [-0.15, -0.1) is 5.10 Å². The van der Waals surface area contributed by atoms with Crippen molar-refractivity contribution in [2.45, 2.75) is 32.0 Å². The Morgan fingerprint density at radius 2 is 2.65 bits per heavy atom. The van der Waals surface area contributed by atoms with Crippen molar-refractivity contribution in [3.8, 4) is 0 Å². The maximum atomic E-state index is 5.76. The number of ether oxygens (including phenoxy) is 1. The molecule has 6 nitrogen and oxygen atoms in total. The summed E-state index contributed by atoms with van der Waals surface area (Å²) in [4.78, 5) is 0. The molecule has 1 saturated heterocycles. The fraction of sp³-hybridized carbons (Fsp3) is 0.800. The highest BCUT2D eigenvalue weighted by Crippen LogP contribution is 2.24. The third-order valence-electron chi connectivity index (χ3n) is 2.79. The first kappa shape index (κ1) is 12.8. The Morgan fingerprint density at radius 3 is 3.29 bits per heavy atom. The lowest BCUT2D eigenvalue weighted by molar-refractivity contribution is 0.0444.